The van der Waals surface area contributed by atoms with E-state index < -0.39 is 11.7 Å². The second-order valence-electron chi connectivity index (χ2n) is 8.44. The van der Waals surface area contributed by atoms with Gasteiger partial charge >= 0.3 is 6.18 Å². The molecule has 1 fully saturated rings. The highest BCUT2D eigenvalue weighted by molar-refractivity contribution is 5.86. The van der Waals surface area contributed by atoms with Crippen LogP contribution in [0.15, 0.2) is 48.7 Å². The Morgan fingerprint density at radius 1 is 1.00 bits per heavy atom. The quantitative estimate of drug-likeness (QED) is 0.413. The summed E-state index contributed by atoms with van der Waals surface area (Å²) in [6, 6.07) is 10.2. The molecule has 12 heteroatoms. The summed E-state index contributed by atoms with van der Waals surface area (Å²) < 4.78 is 50.1. The van der Waals surface area contributed by atoms with E-state index >= 15 is 0 Å². The normalized spacial score (nSPS) is 16.1. The van der Waals surface area contributed by atoms with E-state index in [0.717, 1.165) is 17.7 Å². The van der Waals surface area contributed by atoms with Gasteiger partial charge in [-0.25, -0.2) is 9.97 Å². The first-order chi connectivity index (χ1) is 17.8. The molecule has 3 N–H and O–H groups in total. The molecule has 3 heterocycles. The van der Waals surface area contributed by atoms with Gasteiger partial charge in [0.05, 0.1) is 37.7 Å². The maximum Gasteiger partial charge on any atom is 0.416 e. The number of rotatable bonds is 5. The molecule has 2 aromatic heterocycles. The maximum atomic E-state index is 13.1. The van der Waals surface area contributed by atoms with Gasteiger partial charge in [0, 0.05) is 25.2 Å². The largest absolute Gasteiger partial charge is 0.493 e. The van der Waals surface area contributed by atoms with Crippen molar-refractivity contribution in [3.63, 3.8) is 0 Å². The lowest BCUT2D eigenvalue weighted by molar-refractivity contribution is -0.137. The molecule has 0 radical (unpaired) electrons. The third kappa shape index (κ3) is 4.79. The molecule has 0 spiro atoms. The zero-order chi connectivity index (χ0) is 26.2. The van der Waals surface area contributed by atoms with Crippen LogP contribution >= 0.6 is 0 Å². The minimum atomic E-state index is -4.41. The Morgan fingerprint density at radius 3 is 2.46 bits per heavy atom. The summed E-state index contributed by atoms with van der Waals surface area (Å²) in [5.74, 6) is 1.61. The van der Waals surface area contributed by atoms with Gasteiger partial charge < -0.3 is 25.4 Å². The molecule has 9 nitrogen and oxygen atoms in total. The molecule has 4 aromatic rings. The van der Waals surface area contributed by atoms with Crippen molar-refractivity contribution in [3.8, 4) is 22.8 Å². The number of anilines is 2. The zero-order valence-electron chi connectivity index (χ0n) is 20.1. The predicted octanol–water partition coefficient (Wildman–Crippen LogP) is 3.86. The van der Waals surface area contributed by atoms with Gasteiger partial charge in [-0.2, -0.15) is 23.1 Å². The van der Waals surface area contributed by atoms with Gasteiger partial charge in [-0.1, -0.05) is 12.1 Å². The van der Waals surface area contributed by atoms with E-state index in [2.05, 4.69) is 20.3 Å². The Hall–Kier alpha value is -4.19. The van der Waals surface area contributed by atoms with E-state index in [0.29, 0.717) is 59.4 Å². The Morgan fingerprint density at radius 2 is 1.76 bits per heavy atom. The topological polar surface area (TPSA) is 111 Å². The number of ether oxygens (including phenoxy) is 2. The lowest BCUT2D eigenvalue weighted by atomic mass is 10.0. The first-order valence-electron chi connectivity index (χ1n) is 11.5. The molecule has 0 saturated carbocycles. The van der Waals surface area contributed by atoms with Crippen molar-refractivity contribution < 1.29 is 22.6 Å². The minimum absolute atomic E-state index is 0.0281. The Balaban J connectivity index is 1.59. The van der Waals surface area contributed by atoms with E-state index in [1.165, 1.54) is 12.1 Å². The third-order valence-electron chi connectivity index (χ3n) is 6.22. The summed E-state index contributed by atoms with van der Waals surface area (Å²) in [6.45, 7) is 1.67. The number of alkyl halides is 3. The average Bonchev–Trinajstić information content (AvgIpc) is 2.91. The van der Waals surface area contributed by atoms with Crippen molar-refractivity contribution in [3.05, 3.63) is 59.8 Å². The van der Waals surface area contributed by atoms with Crippen LogP contribution in [0.2, 0.25) is 0 Å². The van der Waals surface area contributed by atoms with Gasteiger partial charge in [-0.15, -0.1) is 0 Å². The molecule has 0 aliphatic carbocycles. The van der Waals surface area contributed by atoms with Gasteiger partial charge in [0.2, 0.25) is 5.95 Å². The number of nitrogens with one attached hydrogen (secondary N) is 1. The van der Waals surface area contributed by atoms with E-state index in [1.54, 1.807) is 32.5 Å². The number of hydrogen-bond donors (Lipinski definition) is 2. The first kappa shape index (κ1) is 24.5. The van der Waals surface area contributed by atoms with Crippen molar-refractivity contribution in [2.75, 3.05) is 44.5 Å². The molecule has 2 aromatic carbocycles. The fourth-order valence-electron chi connectivity index (χ4n) is 4.39. The monoisotopic (exact) mass is 511 g/mol. The number of halogens is 3. The fourth-order valence-corrected chi connectivity index (χ4v) is 4.39. The molecule has 1 saturated heterocycles. The fraction of sp³-hybridized carbons (Fsp3) is 0.280. The summed E-state index contributed by atoms with van der Waals surface area (Å²) in [7, 11) is 3.11. The van der Waals surface area contributed by atoms with Crippen molar-refractivity contribution in [1.82, 2.24) is 25.3 Å². The standard InChI is InChI=1S/C25H24F3N7O2/c1-36-19-8-5-15(11-20(19)37-2)17-12-31-22-21(32-17)23(34-24(29)33-22)35-10-9-30-13-18(35)14-3-6-16(7-4-14)25(26,27)28/h3-8,11-12,18,30H,9-10,13H2,1-2H3,(H2,29,31,33,34). The van der Waals surface area contributed by atoms with Crippen LogP contribution in [0, 0.1) is 0 Å². The highest BCUT2D eigenvalue weighted by atomic mass is 19.4. The number of nitrogens with two attached hydrogens (primary N) is 1. The van der Waals surface area contributed by atoms with Crippen molar-refractivity contribution in [2.24, 2.45) is 0 Å². The SMILES string of the molecule is COc1ccc(-c2cnc3nc(N)nc(N4CCNCC4c4ccc(C(F)(F)F)cc4)c3n2)cc1OC. The van der Waals surface area contributed by atoms with Crippen LogP contribution in [-0.4, -0.2) is 53.8 Å². The molecule has 37 heavy (non-hydrogen) atoms. The summed E-state index contributed by atoms with van der Waals surface area (Å²) >= 11 is 0. The minimum Gasteiger partial charge on any atom is -0.493 e. The third-order valence-corrected chi connectivity index (χ3v) is 6.22. The van der Waals surface area contributed by atoms with Crippen molar-refractivity contribution in [1.29, 1.82) is 0 Å². The molecule has 192 valence electrons. The van der Waals surface area contributed by atoms with Gasteiger partial charge in [-0.05, 0) is 35.9 Å². The Labute approximate surface area is 210 Å². The highest BCUT2D eigenvalue weighted by Gasteiger charge is 2.32. The van der Waals surface area contributed by atoms with E-state index in [4.69, 9.17) is 20.2 Å². The van der Waals surface area contributed by atoms with Crippen molar-refractivity contribution >= 4 is 22.9 Å². The second kappa shape index (κ2) is 9.69. The molecule has 1 aliphatic rings. The predicted molar refractivity (Wildman–Crippen MR) is 132 cm³/mol. The smallest absolute Gasteiger partial charge is 0.416 e. The van der Waals surface area contributed by atoms with E-state index in [-0.39, 0.29) is 12.0 Å². The number of nitrogen functional groups attached to an aromatic ring is 1. The highest BCUT2D eigenvalue weighted by Crippen LogP contribution is 2.36. The zero-order valence-corrected chi connectivity index (χ0v) is 20.1. The van der Waals surface area contributed by atoms with Crippen LogP contribution in [-0.2, 0) is 6.18 Å². The van der Waals surface area contributed by atoms with Crippen LogP contribution < -0.4 is 25.4 Å². The number of benzene rings is 2. The number of aromatic nitrogens is 4. The van der Waals surface area contributed by atoms with E-state index in [1.807, 2.05) is 11.0 Å². The number of hydrogen-bond acceptors (Lipinski definition) is 9. The Kier molecular flexibility index (Phi) is 6.42. The van der Waals surface area contributed by atoms with Crippen LogP contribution in [0.25, 0.3) is 22.4 Å². The lowest BCUT2D eigenvalue weighted by Gasteiger charge is -2.37. The van der Waals surface area contributed by atoms with E-state index in [9.17, 15) is 13.2 Å². The number of piperazine rings is 1. The summed E-state index contributed by atoms with van der Waals surface area (Å²) in [5.41, 5.74) is 8.07. The van der Waals surface area contributed by atoms with Gasteiger partial charge in [0.1, 0.15) is 0 Å². The number of fused-ring (bicyclic) bond motifs is 1. The molecule has 1 unspecified atom stereocenters. The van der Waals surface area contributed by atoms with Crippen molar-refractivity contribution in [2.45, 2.75) is 12.2 Å². The van der Waals surface area contributed by atoms with Gasteiger partial charge in [0.25, 0.3) is 0 Å². The molecule has 0 bridgehead atoms. The lowest BCUT2D eigenvalue weighted by Crippen LogP contribution is -2.46. The van der Waals surface area contributed by atoms with Crippen LogP contribution in [0.1, 0.15) is 17.2 Å². The molecular formula is C25H24F3N7O2. The molecule has 1 atom stereocenters. The first-order valence-corrected chi connectivity index (χ1v) is 11.5. The van der Waals surface area contributed by atoms with Crippen LogP contribution in [0.3, 0.4) is 0 Å². The summed E-state index contributed by atoms with van der Waals surface area (Å²) in [5, 5.41) is 3.30. The Bertz CT molecular complexity index is 1430. The number of nitrogens with zero attached hydrogens (tertiary/aromatic N) is 5. The van der Waals surface area contributed by atoms with Crippen LogP contribution in [0.4, 0.5) is 24.9 Å². The van der Waals surface area contributed by atoms with Gasteiger partial charge in [0.15, 0.2) is 28.5 Å². The molecule has 1 aliphatic heterocycles. The van der Waals surface area contributed by atoms with Gasteiger partial charge in [-0.3, -0.25) is 0 Å². The summed E-state index contributed by atoms with van der Waals surface area (Å²) in [6.07, 6.45) is -2.82. The number of methoxy groups -OCH3 is 2. The second-order valence-corrected chi connectivity index (χ2v) is 8.44. The molecule has 5 rings (SSSR count). The summed E-state index contributed by atoms with van der Waals surface area (Å²) in [4.78, 5) is 20.0. The molecular weight excluding hydrogens is 487 g/mol. The average molecular weight is 512 g/mol. The maximum absolute atomic E-state index is 13.1. The molecule has 0 amide bonds. The van der Waals surface area contributed by atoms with Crippen LogP contribution in [0.5, 0.6) is 11.5 Å².